The first-order chi connectivity index (χ1) is 19.2. The smallest absolute Gasteiger partial charge is 0.199 e. The molecular formula is C34H32N2O4. The Balaban J connectivity index is 1.63. The molecule has 6 heteroatoms. The molecule has 0 radical (unpaired) electrons. The van der Waals surface area contributed by atoms with E-state index in [4.69, 9.17) is 4.74 Å². The highest BCUT2D eigenvalue weighted by Gasteiger charge is 2.44. The summed E-state index contributed by atoms with van der Waals surface area (Å²) >= 11 is 0. The van der Waals surface area contributed by atoms with Crippen molar-refractivity contribution in [1.29, 1.82) is 0 Å². The predicted octanol–water partition coefficient (Wildman–Crippen LogP) is 7.05. The lowest BCUT2D eigenvalue weighted by Gasteiger charge is -2.38. The van der Waals surface area contributed by atoms with Gasteiger partial charge in [0.15, 0.2) is 17.3 Å². The van der Waals surface area contributed by atoms with E-state index >= 15 is 0 Å². The van der Waals surface area contributed by atoms with Crippen molar-refractivity contribution in [2.75, 3.05) is 16.8 Å². The van der Waals surface area contributed by atoms with E-state index in [-0.39, 0.29) is 28.3 Å². The van der Waals surface area contributed by atoms with Gasteiger partial charge in [-0.3, -0.25) is 14.4 Å². The van der Waals surface area contributed by atoms with Gasteiger partial charge in [-0.15, -0.1) is 0 Å². The number of anilines is 2. The molecule has 0 fully saturated rings. The SMILES string of the molecule is CCOc1ccc([C@H]2C3=C(CC(C)(C)CC3=O)Nc3ccccc3N2C(C)=C2C(=O)c3ccccc3C2=O)cc1. The molecule has 1 atom stereocenters. The maximum absolute atomic E-state index is 14.0. The Labute approximate surface area is 234 Å². The van der Waals surface area contributed by atoms with E-state index in [1.165, 1.54) is 0 Å². The van der Waals surface area contributed by atoms with E-state index < -0.39 is 6.04 Å². The Kier molecular flexibility index (Phi) is 6.21. The van der Waals surface area contributed by atoms with Gasteiger partial charge in [0.1, 0.15) is 5.75 Å². The van der Waals surface area contributed by atoms with Crippen molar-refractivity contribution < 1.29 is 19.1 Å². The van der Waals surface area contributed by atoms with Crippen LogP contribution in [0.1, 0.15) is 72.9 Å². The second kappa shape index (κ2) is 9.63. The highest BCUT2D eigenvalue weighted by atomic mass is 16.5. The molecular weight excluding hydrogens is 500 g/mol. The van der Waals surface area contributed by atoms with Gasteiger partial charge in [0, 0.05) is 34.5 Å². The molecule has 202 valence electrons. The summed E-state index contributed by atoms with van der Waals surface area (Å²) in [4.78, 5) is 43.3. The Morgan fingerprint density at radius 1 is 0.900 bits per heavy atom. The number of fused-ring (bicyclic) bond motifs is 2. The molecule has 0 bridgehead atoms. The quantitative estimate of drug-likeness (QED) is 0.287. The second-order valence-corrected chi connectivity index (χ2v) is 11.4. The first-order valence-electron chi connectivity index (χ1n) is 13.7. The van der Waals surface area contributed by atoms with Crippen molar-refractivity contribution in [1.82, 2.24) is 0 Å². The van der Waals surface area contributed by atoms with Gasteiger partial charge in [0.2, 0.25) is 0 Å². The van der Waals surface area contributed by atoms with Gasteiger partial charge < -0.3 is 15.0 Å². The molecule has 1 heterocycles. The second-order valence-electron chi connectivity index (χ2n) is 11.4. The van der Waals surface area contributed by atoms with Crippen LogP contribution < -0.4 is 15.0 Å². The van der Waals surface area contributed by atoms with Crippen LogP contribution in [-0.4, -0.2) is 24.0 Å². The number of benzene rings is 3. The van der Waals surface area contributed by atoms with Crippen LogP contribution in [-0.2, 0) is 4.79 Å². The fourth-order valence-electron chi connectivity index (χ4n) is 6.29. The number of para-hydroxylation sites is 2. The van der Waals surface area contributed by atoms with Gasteiger partial charge in [0.05, 0.1) is 29.6 Å². The Hall–Kier alpha value is -4.45. The monoisotopic (exact) mass is 532 g/mol. The summed E-state index contributed by atoms with van der Waals surface area (Å²) in [6, 6.07) is 22.0. The van der Waals surface area contributed by atoms with E-state index in [2.05, 4.69) is 19.2 Å². The van der Waals surface area contributed by atoms with E-state index in [1.54, 1.807) is 24.3 Å². The molecule has 0 unspecified atom stereocenters. The van der Waals surface area contributed by atoms with Crippen molar-refractivity contribution in [3.63, 3.8) is 0 Å². The molecule has 0 amide bonds. The standard InChI is InChI=1S/C34H32N2O4/c1-5-40-22-16-14-21(15-17-22)31-30-26(18-34(3,4)19-28(30)37)35-25-12-8-9-13-27(25)36(31)20(2)29-32(38)23-10-6-7-11-24(23)33(29)39/h6-17,31,35H,5,18-19H2,1-4H3/t31-/m0/s1. The average molecular weight is 533 g/mol. The lowest BCUT2D eigenvalue weighted by molar-refractivity contribution is -0.118. The van der Waals surface area contributed by atoms with Crippen molar-refractivity contribution in [2.45, 2.75) is 46.6 Å². The van der Waals surface area contributed by atoms with E-state index in [1.807, 2.05) is 67.3 Å². The Morgan fingerprint density at radius 2 is 1.52 bits per heavy atom. The highest BCUT2D eigenvalue weighted by molar-refractivity contribution is 6.40. The third kappa shape index (κ3) is 4.15. The summed E-state index contributed by atoms with van der Waals surface area (Å²) in [5.41, 5.74) is 5.31. The minimum Gasteiger partial charge on any atom is -0.494 e. The van der Waals surface area contributed by atoms with E-state index in [0.29, 0.717) is 41.8 Å². The summed E-state index contributed by atoms with van der Waals surface area (Å²) in [5, 5.41) is 3.59. The van der Waals surface area contributed by atoms with Crippen LogP contribution in [0.2, 0.25) is 0 Å². The average Bonchev–Trinajstić information content (AvgIpc) is 3.08. The zero-order valence-corrected chi connectivity index (χ0v) is 23.2. The Bertz CT molecular complexity index is 1590. The molecule has 1 N–H and O–H groups in total. The van der Waals surface area contributed by atoms with Crippen LogP contribution in [0.5, 0.6) is 5.75 Å². The number of carbonyl (C=O) groups excluding carboxylic acids is 3. The van der Waals surface area contributed by atoms with Crippen LogP contribution in [0, 0.1) is 5.41 Å². The van der Waals surface area contributed by atoms with Gasteiger partial charge >= 0.3 is 0 Å². The number of rotatable bonds is 4. The summed E-state index contributed by atoms with van der Waals surface area (Å²) in [6.07, 6.45) is 1.10. The number of Topliss-reactive ketones (excluding diaryl/α,β-unsaturated/α-hetero) is 3. The molecule has 3 aromatic rings. The molecule has 2 aliphatic carbocycles. The van der Waals surface area contributed by atoms with Gasteiger partial charge in [-0.2, -0.15) is 0 Å². The van der Waals surface area contributed by atoms with Gasteiger partial charge in [-0.25, -0.2) is 0 Å². The van der Waals surface area contributed by atoms with Gasteiger partial charge in [0.25, 0.3) is 0 Å². The van der Waals surface area contributed by atoms with Crippen molar-refractivity contribution in [2.24, 2.45) is 5.41 Å². The van der Waals surface area contributed by atoms with Crippen molar-refractivity contribution >= 4 is 28.7 Å². The predicted molar refractivity (Wildman–Crippen MR) is 156 cm³/mol. The number of hydrogen-bond donors (Lipinski definition) is 1. The van der Waals surface area contributed by atoms with Crippen LogP contribution in [0.4, 0.5) is 11.4 Å². The lowest BCUT2D eigenvalue weighted by Crippen LogP contribution is -2.36. The molecule has 3 aromatic carbocycles. The summed E-state index contributed by atoms with van der Waals surface area (Å²) in [6.45, 7) is 8.52. The Morgan fingerprint density at radius 3 is 2.17 bits per heavy atom. The molecule has 1 aliphatic heterocycles. The fraction of sp³-hybridized carbons (Fsp3) is 0.265. The lowest BCUT2D eigenvalue weighted by atomic mass is 9.73. The van der Waals surface area contributed by atoms with Crippen LogP contribution in [0.15, 0.2) is 95.3 Å². The summed E-state index contributed by atoms with van der Waals surface area (Å²) in [7, 11) is 0. The third-order valence-corrected chi connectivity index (χ3v) is 8.00. The molecule has 6 nitrogen and oxygen atoms in total. The normalized spacial score (nSPS) is 19.5. The fourth-order valence-corrected chi connectivity index (χ4v) is 6.29. The first kappa shape index (κ1) is 25.8. The number of nitrogens with one attached hydrogen (secondary N) is 1. The zero-order valence-electron chi connectivity index (χ0n) is 23.2. The number of allylic oxidation sites excluding steroid dienone is 3. The number of hydrogen-bond acceptors (Lipinski definition) is 6. The molecule has 0 saturated heterocycles. The largest absolute Gasteiger partial charge is 0.494 e. The molecule has 0 aromatic heterocycles. The number of carbonyl (C=O) groups is 3. The van der Waals surface area contributed by atoms with E-state index in [0.717, 1.165) is 28.4 Å². The first-order valence-corrected chi connectivity index (χ1v) is 13.7. The molecule has 0 spiro atoms. The van der Waals surface area contributed by atoms with Crippen LogP contribution in [0.3, 0.4) is 0 Å². The highest BCUT2D eigenvalue weighted by Crippen LogP contribution is 2.50. The maximum atomic E-state index is 14.0. The minimum atomic E-state index is -0.553. The number of ether oxygens (including phenoxy) is 1. The minimum absolute atomic E-state index is 0.0561. The van der Waals surface area contributed by atoms with Gasteiger partial charge in [-0.1, -0.05) is 62.4 Å². The third-order valence-electron chi connectivity index (χ3n) is 8.00. The molecule has 3 aliphatic rings. The summed E-state index contributed by atoms with van der Waals surface area (Å²) < 4.78 is 5.70. The van der Waals surface area contributed by atoms with E-state index in [9.17, 15) is 14.4 Å². The van der Waals surface area contributed by atoms with Crippen LogP contribution >= 0.6 is 0 Å². The van der Waals surface area contributed by atoms with Crippen molar-refractivity contribution in [3.8, 4) is 5.75 Å². The van der Waals surface area contributed by atoms with Gasteiger partial charge in [-0.05, 0) is 55.5 Å². The van der Waals surface area contributed by atoms with Crippen molar-refractivity contribution in [3.05, 3.63) is 112 Å². The molecule has 0 saturated carbocycles. The topological polar surface area (TPSA) is 75.7 Å². The molecule has 40 heavy (non-hydrogen) atoms. The molecule has 6 rings (SSSR count). The number of nitrogens with zero attached hydrogens (tertiary/aromatic N) is 1. The maximum Gasteiger partial charge on any atom is 0.199 e. The number of ketones is 3. The summed E-state index contributed by atoms with van der Waals surface area (Å²) in [5.74, 6) is 0.217. The zero-order chi connectivity index (χ0) is 28.2. The van der Waals surface area contributed by atoms with Crippen LogP contribution in [0.25, 0.3) is 0 Å².